The van der Waals surface area contributed by atoms with Gasteiger partial charge in [-0.15, -0.1) is 0 Å². The number of benzene rings is 1. The number of amides is 1. The molecule has 4 nitrogen and oxygen atoms in total. The highest BCUT2D eigenvalue weighted by molar-refractivity contribution is 6.31. The largest absolute Gasteiger partial charge is 0.444 e. The van der Waals surface area contributed by atoms with Gasteiger partial charge in [-0.25, -0.2) is 4.79 Å². The van der Waals surface area contributed by atoms with Crippen molar-refractivity contribution in [3.63, 3.8) is 0 Å². The number of ether oxygens (including phenoxy) is 1. The summed E-state index contributed by atoms with van der Waals surface area (Å²) in [6.07, 6.45) is -0.557. The summed E-state index contributed by atoms with van der Waals surface area (Å²) < 4.78 is 5.24. The molecule has 1 aromatic rings. The summed E-state index contributed by atoms with van der Waals surface area (Å²) in [7, 11) is 1.52. The van der Waals surface area contributed by atoms with Gasteiger partial charge in [0.15, 0.2) is 0 Å². The van der Waals surface area contributed by atoms with Crippen molar-refractivity contribution in [2.24, 2.45) is 0 Å². The Hall–Kier alpha value is -1.73. The summed E-state index contributed by atoms with van der Waals surface area (Å²) in [5, 5.41) is 9.71. The average Bonchev–Trinajstić information content (AvgIpc) is 2.30. The Kier molecular flexibility index (Phi) is 4.79. The first-order chi connectivity index (χ1) is 8.76. The third-order valence-electron chi connectivity index (χ3n) is 2.39. The van der Waals surface area contributed by atoms with Gasteiger partial charge in [-0.3, -0.25) is 4.90 Å². The van der Waals surface area contributed by atoms with Crippen LogP contribution in [-0.4, -0.2) is 23.6 Å². The molecule has 5 heteroatoms. The van der Waals surface area contributed by atoms with Crippen LogP contribution < -0.4 is 0 Å². The van der Waals surface area contributed by atoms with Crippen LogP contribution in [0.1, 0.15) is 32.4 Å². The summed E-state index contributed by atoms with van der Waals surface area (Å²) in [6.45, 7) is 5.32. The van der Waals surface area contributed by atoms with E-state index in [0.29, 0.717) is 10.6 Å². The molecule has 0 aromatic heterocycles. The third-order valence-corrected chi connectivity index (χ3v) is 2.74. The minimum absolute atomic E-state index is 0.449. The van der Waals surface area contributed by atoms with Gasteiger partial charge in [0.05, 0.1) is 6.07 Å². The maximum Gasteiger partial charge on any atom is 0.411 e. The van der Waals surface area contributed by atoms with E-state index in [2.05, 4.69) is 6.07 Å². The molecule has 0 saturated carbocycles. The zero-order valence-electron chi connectivity index (χ0n) is 11.5. The minimum atomic E-state index is -0.774. The fraction of sp³-hybridized carbons (Fsp3) is 0.429. The van der Waals surface area contributed by atoms with Gasteiger partial charge in [-0.1, -0.05) is 29.8 Å². The van der Waals surface area contributed by atoms with E-state index in [0.717, 1.165) is 0 Å². The van der Waals surface area contributed by atoms with Crippen LogP contribution >= 0.6 is 11.6 Å². The Morgan fingerprint density at radius 3 is 2.47 bits per heavy atom. The van der Waals surface area contributed by atoms with E-state index in [9.17, 15) is 10.1 Å². The van der Waals surface area contributed by atoms with Crippen molar-refractivity contribution in [1.82, 2.24) is 4.90 Å². The highest BCUT2D eigenvalue weighted by atomic mass is 35.5. The molecule has 0 aliphatic rings. The number of rotatable bonds is 2. The number of nitriles is 1. The van der Waals surface area contributed by atoms with Crippen molar-refractivity contribution < 1.29 is 9.53 Å². The van der Waals surface area contributed by atoms with Gasteiger partial charge in [0, 0.05) is 17.6 Å². The summed E-state index contributed by atoms with van der Waals surface area (Å²) in [5.41, 5.74) is -0.0220. The van der Waals surface area contributed by atoms with Crippen molar-refractivity contribution >= 4 is 17.7 Å². The first-order valence-electron chi connectivity index (χ1n) is 5.86. The number of halogens is 1. The first-order valence-corrected chi connectivity index (χ1v) is 6.24. The second-order valence-corrected chi connectivity index (χ2v) is 5.55. The van der Waals surface area contributed by atoms with Gasteiger partial charge < -0.3 is 4.74 Å². The van der Waals surface area contributed by atoms with E-state index >= 15 is 0 Å². The second kappa shape index (κ2) is 5.94. The van der Waals surface area contributed by atoms with Gasteiger partial charge in [0.25, 0.3) is 0 Å². The van der Waals surface area contributed by atoms with Crippen molar-refractivity contribution in [3.05, 3.63) is 34.9 Å². The molecule has 0 heterocycles. The molecule has 0 N–H and O–H groups in total. The minimum Gasteiger partial charge on any atom is -0.444 e. The molecule has 1 aromatic carbocycles. The molecule has 1 amide bonds. The van der Waals surface area contributed by atoms with Crippen LogP contribution in [0.25, 0.3) is 0 Å². The zero-order chi connectivity index (χ0) is 14.6. The van der Waals surface area contributed by atoms with E-state index in [4.69, 9.17) is 16.3 Å². The Morgan fingerprint density at radius 1 is 1.42 bits per heavy atom. The summed E-state index contributed by atoms with van der Waals surface area (Å²) in [4.78, 5) is 13.2. The molecule has 102 valence electrons. The van der Waals surface area contributed by atoms with Crippen molar-refractivity contribution in [3.8, 4) is 6.07 Å². The first kappa shape index (κ1) is 15.3. The molecule has 0 aliphatic carbocycles. The van der Waals surface area contributed by atoms with Crippen LogP contribution in [0.2, 0.25) is 5.02 Å². The lowest BCUT2D eigenvalue weighted by Crippen LogP contribution is -2.36. The van der Waals surface area contributed by atoms with Gasteiger partial charge in [0.2, 0.25) is 0 Å². The predicted molar refractivity (Wildman–Crippen MR) is 73.8 cm³/mol. The lowest BCUT2D eigenvalue weighted by atomic mass is 10.1. The SMILES string of the molecule is CN(C(=O)OC(C)(C)C)C(C#N)c1ccccc1Cl. The van der Waals surface area contributed by atoms with Crippen LogP contribution in [0.3, 0.4) is 0 Å². The number of carbonyl (C=O) groups is 1. The average molecular weight is 281 g/mol. The summed E-state index contributed by atoms with van der Waals surface area (Å²) >= 11 is 6.05. The fourth-order valence-electron chi connectivity index (χ4n) is 1.50. The van der Waals surface area contributed by atoms with E-state index in [-0.39, 0.29) is 0 Å². The third kappa shape index (κ3) is 4.15. The molecular formula is C14H17ClN2O2. The maximum absolute atomic E-state index is 12.0. The van der Waals surface area contributed by atoms with Gasteiger partial charge in [-0.2, -0.15) is 5.26 Å². The Bertz CT molecular complexity index is 503. The molecule has 0 saturated heterocycles. The monoisotopic (exact) mass is 280 g/mol. The molecular weight excluding hydrogens is 264 g/mol. The smallest absolute Gasteiger partial charge is 0.411 e. The van der Waals surface area contributed by atoms with Gasteiger partial charge in [-0.05, 0) is 26.8 Å². The molecule has 0 bridgehead atoms. The number of carbonyl (C=O) groups excluding carboxylic acids is 1. The zero-order valence-corrected chi connectivity index (χ0v) is 12.2. The lowest BCUT2D eigenvalue weighted by Gasteiger charge is -2.27. The van der Waals surface area contributed by atoms with Crippen LogP contribution in [0.4, 0.5) is 4.79 Å². The normalized spacial score (nSPS) is 12.4. The Morgan fingerprint density at radius 2 is 2.00 bits per heavy atom. The summed E-state index contributed by atoms with van der Waals surface area (Å²) in [5.74, 6) is 0. The van der Waals surface area contributed by atoms with Crippen molar-refractivity contribution in [1.29, 1.82) is 5.26 Å². The highest BCUT2D eigenvalue weighted by Gasteiger charge is 2.27. The van der Waals surface area contributed by atoms with Crippen molar-refractivity contribution in [2.75, 3.05) is 7.05 Å². The molecule has 0 radical (unpaired) electrons. The maximum atomic E-state index is 12.0. The molecule has 0 fully saturated rings. The molecule has 0 spiro atoms. The van der Waals surface area contributed by atoms with E-state index in [1.807, 2.05) is 0 Å². The molecule has 1 unspecified atom stereocenters. The number of hydrogen-bond donors (Lipinski definition) is 0. The van der Waals surface area contributed by atoms with Crippen molar-refractivity contribution in [2.45, 2.75) is 32.4 Å². The quantitative estimate of drug-likeness (QED) is 0.828. The van der Waals surface area contributed by atoms with E-state index in [1.54, 1.807) is 45.0 Å². The van der Waals surface area contributed by atoms with E-state index in [1.165, 1.54) is 11.9 Å². The standard InChI is InChI=1S/C14H17ClN2O2/c1-14(2,3)19-13(18)17(4)12(9-16)10-7-5-6-8-11(10)15/h5-8,12H,1-4H3. The predicted octanol–water partition coefficient (Wildman–Crippen LogP) is 3.77. The van der Waals surface area contributed by atoms with Crippen LogP contribution in [0, 0.1) is 11.3 Å². The Labute approximate surface area is 118 Å². The van der Waals surface area contributed by atoms with Gasteiger partial charge in [0.1, 0.15) is 11.6 Å². The number of nitrogens with zero attached hydrogens (tertiary/aromatic N) is 2. The van der Waals surface area contributed by atoms with Crippen LogP contribution in [0.15, 0.2) is 24.3 Å². The second-order valence-electron chi connectivity index (χ2n) is 5.14. The molecule has 1 rings (SSSR count). The van der Waals surface area contributed by atoms with Gasteiger partial charge >= 0.3 is 6.09 Å². The number of hydrogen-bond acceptors (Lipinski definition) is 3. The molecule has 1 atom stereocenters. The van der Waals surface area contributed by atoms with E-state index < -0.39 is 17.7 Å². The lowest BCUT2D eigenvalue weighted by molar-refractivity contribution is 0.0258. The molecule has 19 heavy (non-hydrogen) atoms. The molecule has 0 aliphatic heterocycles. The summed E-state index contributed by atoms with van der Waals surface area (Å²) in [6, 6.07) is 8.24. The highest BCUT2D eigenvalue weighted by Crippen LogP contribution is 2.27. The van der Waals surface area contributed by atoms with Crippen LogP contribution in [0.5, 0.6) is 0 Å². The Balaban J connectivity index is 2.96. The van der Waals surface area contributed by atoms with Crippen LogP contribution in [-0.2, 0) is 4.74 Å². The topological polar surface area (TPSA) is 53.3 Å². The fourth-order valence-corrected chi connectivity index (χ4v) is 1.74.